The molecule has 1 aliphatic heterocycles. The van der Waals surface area contributed by atoms with Crippen LogP contribution in [0.25, 0.3) is 11.0 Å². The molecule has 0 aliphatic carbocycles. The van der Waals surface area contributed by atoms with E-state index in [1.54, 1.807) is 14.0 Å². The molecule has 5 nitrogen and oxygen atoms in total. The maximum absolute atomic E-state index is 12.4. The molecule has 2 heterocycles. The summed E-state index contributed by atoms with van der Waals surface area (Å²) in [7, 11) is 1.64. The Balaban J connectivity index is 1.98. The molecule has 5 heteroatoms. The van der Waals surface area contributed by atoms with Crippen LogP contribution in [0.5, 0.6) is 5.75 Å². The van der Waals surface area contributed by atoms with Gasteiger partial charge in [-0.3, -0.25) is 9.36 Å². The number of benzene rings is 2. The van der Waals surface area contributed by atoms with Crippen LogP contribution < -0.4 is 10.1 Å². The number of Topliss-reactive ketones (excluding diaryl/α,β-unsaturated/α-hetero) is 1. The number of aromatic nitrogens is 2. The molecule has 0 saturated carbocycles. The van der Waals surface area contributed by atoms with Crippen LogP contribution in [0.15, 0.2) is 59.8 Å². The number of allylic oxidation sites excluding steroid dienone is 2. The molecule has 0 spiro atoms. The van der Waals surface area contributed by atoms with Gasteiger partial charge in [0.25, 0.3) is 0 Å². The predicted molar refractivity (Wildman–Crippen MR) is 97.9 cm³/mol. The van der Waals surface area contributed by atoms with Gasteiger partial charge in [0.1, 0.15) is 5.75 Å². The second-order valence-corrected chi connectivity index (χ2v) is 6.19. The number of nitrogens with one attached hydrogen (secondary N) is 1. The van der Waals surface area contributed by atoms with Crippen molar-refractivity contribution in [2.24, 2.45) is 0 Å². The van der Waals surface area contributed by atoms with E-state index in [0.717, 1.165) is 39.6 Å². The third-order valence-corrected chi connectivity index (χ3v) is 4.64. The third kappa shape index (κ3) is 2.39. The number of hydrogen-bond donors (Lipinski definition) is 1. The van der Waals surface area contributed by atoms with Crippen molar-refractivity contribution in [3.05, 3.63) is 65.4 Å². The third-order valence-electron chi connectivity index (χ3n) is 4.64. The predicted octanol–water partition coefficient (Wildman–Crippen LogP) is 3.92. The lowest BCUT2D eigenvalue weighted by Gasteiger charge is -2.30. The van der Waals surface area contributed by atoms with Gasteiger partial charge < -0.3 is 10.1 Å². The fourth-order valence-electron chi connectivity index (χ4n) is 3.52. The van der Waals surface area contributed by atoms with Crippen LogP contribution in [0.4, 0.5) is 5.95 Å². The van der Waals surface area contributed by atoms with E-state index in [-0.39, 0.29) is 11.8 Å². The summed E-state index contributed by atoms with van der Waals surface area (Å²) in [6, 6.07) is 15.6. The molecule has 0 fully saturated rings. The molecule has 0 saturated heterocycles. The van der Waals surface area contributed by atoms with E-state index in [0.29, 0.717) is 0 Å². The van der Waals surface area contributed by atoms with Gasteiger partial charge in [0.2, 0.25) is 5.95 Å². The number of anilines is 1. The summed E-state index contributed by atoms with van der Waals surface area (Å²) in [6.45, 7) is 3.54. The molecule has 25 heavy (non-hydrogen) atoms. The number of carbonyl (C=O) groups excluding carboxylic acids is 1. The average molecular weight is 333 g/mol. The van der Waals surface area contributed by atoms with Crippen molar-refractivity contribution in [1.29, 1.82) is 0 Å². The summed E-state index contributed by atoms with van der Waals surface area (Å²) < 4.78 is 7.36. The maximum atomic E-state index is 12.4. The summed E-state index contributed by atoms with van der Waals surface area (Å²) in [4.78, 5) is 17.1. The Labute approximate surface area is 145 Å². The van der Waals surface area contributed by atoms with Gasteiger partial charge >= 0.3 is 0 Å². The Bertz CT molecular complexity index is 999. The number of rotatable bonds is 3. The number of fused-ring (bicyclic) bond motifs is 3. The van der Waals surface area contributed by atoms with Crippen LogP contribution in [-0.2, 0) is 4.79 Å². The second-order valence-electron chi connectivity index (χ2n) is 6.19. The SMILES string of the molecule is COc1ccc(C2C(C(C)=O)=C(C)Nc3nc4ccccc4n32)cc1. The van der Waals surface area contributed by atoms with Gasteiger partial charge in [0.05, 0.1) is 24.2 Å². The van der Waals surface area contributed by atoms with E-state index < -0.39 is 0 Å². The first-order chi connectivity index (χ1) is 12.1. The number of methoxy groups -OCH3 is 1. The van der Waals surface area contributed by atoms with E-state index in [4.69, 9.17) is 4.74 Å². The number of ketones is 1. The van der Waals surface area contributed by atoms with E-state index in [9.17, 15) is 4.79 Å². The van der Waals surface area contributed by atoms with Gasteiger partial charge in [-0.2, -0.15) is 0 Å². The zero-order valence-electron chi connectivity index (χ0n) is 14.4. The zero-order valence-corrected chi connectivity index (χ0v) is 14.4. The highest BCUT2D eigenvalue weighted by Gasteiger charge is 2.32. The summed E-state index contributed by atoms with van der Waals surface area (Å²) >= 11 is 0. The highest BCUT2D eigenvalue weighted by atomic mass is 16.5. The normalized spacial score (nSPS) is 16.5. The van der Waals surface area contributed by atoms with Crippen LogP contribution in [-0.4, -0.2) is 22.4 Å². The average Bonchev–Trinajstić information content (AvgIpc) is 2.98. The van der Waals surface area contributed by atoms with Crippen molar-refractivity contribution >= 4 is 22.8 Å². The van der Waals surface area contributed by atoms with E-state index >= 15 is 0 Å². The highest BCUT2D eigenvalue weighted by Crippen LogP contribution is 2.39. The van der Waals surface area contributed by atoms with Crippen LogP contribution >= 0.6 is 0 Å². The fourth-order valence-corrected chi connectivity index (χ4v) is 3.52. The van der Waals surface area contributed by atoms with Crippen molar-refractivity contribution < 1.29 is 9.53 Å². The molecule has 1 atom stereocenters. The minimum Gasteiger partial charge on any atom is -0.497 e. The molecule has 0 bridgehead atoms. The fraction of sp³-hybridized carbons (Fsp3) is 0.200. The molecule has 2 aromatic carbocycles. The Morgan fingerprint density at radius 1 is 1.16 bits per heavy atom. The molecule has 4 rings (SSSR count). The summed E-state index contributed by atoms with van der Waals surface area (Å²) in [5, 5.41) is 3.29. The van der Waals surface area contributed by atoms with E-state index in [1.165, 1.54) is 0 Å². The molecular weight excluding hydrogens is 314 g/mol. The molecular formula is C20H19N3O2. The van der Waals surface area contributed by atoms with Gasteiger partial charge in [-0.1, -0.05) is 24.3 Å². The quantitative estimate of drug-likeness (QED) is 0.789. The highest BCUT2D eigenvalue weighted by molar-refractivity contribution is 5.97. The largest absolute Gasteiger partial charge is 0.497 e. The lowest BCUT2D eigenvalue weighted by molar-refractivity contribution is -0.114. The van der Waals surface area contributed by atoms with Gasteiger partial charge in [-0.15, -0.1) is 0 Å². The first kappa shape index (κ1) is 15.4. The Morgan fingerprint density at radius 2 is 1.88 bits per heavy atom. The summed E-state index contributed by atoms with van der Waals surface area (Å²) in [5.74, 6) is 1.59. The molecule has 1 unspecified atom stereocenters. The Kier molecular flexibility index (Phi) is 3.57. The topological polar surface area (TPSA) is 56.1 Å². The van der Waals surface area contributed by atoms with E-state index in [2.05, 4.69) is 14.9 Å². The Morgan fingerprint density at radius 3 is 2.56 bits per heavy atom. The zero-order chi connectivity index (χ0) is 17.6. The van der Waals surface area contributed by atoms with Crippen molar-refractivity contribution in [1.82, 2.24) is 9.55 Å². The van der Waals surface area contributed by atoms with E-state index in [1.807, 2.05) is 55.5 Å². The monoisotopic (exact) mass is 333 g/mol. The number of nitrogens with zero attached hydrogens (tertiary/aromatic N) is 2. The van der Waals surface area contributed by atoms with Crippen molar-refractivity contribution in [3.8, 4) is 5.75 Å². The van der Waals surface area contributed by atoms with Crippen molar-refractivity contribution in [2.45, 2.75) is 19.9 Å². The minimum atomic E-state index is -0.216. The number of hydrogen-bond acceptors (Lipinski definition) is 4. The number of ether oxygens (including phenoxy) is 1. The molecule has 1 aromatic heterocycles. The van der Waals surface area contributed by atoms with Crippen molar-refractivity contribution in [3.63, 3.8) is 0 Å². The maximum Gasteiger partial charge on any atom is 0.209 e. The first-order valence-electron chi connectivity index (χ1n) is 8.20. The Hall–Kier alpha value is -3.08. The molecule has 3 aromatic rings. The standard InChI is InChI=1S/C20H19N3O2/c1-12-18(13(2)24)19(14-8-10-15(25-3)11-9-14)23-17-7-5-4-6-16(17)22-20(23)21-12/h4-11,19H,1-3H3,(H,21,22). The van der Waals surface area contributed by atoms with Crippen LogP contribution in [0.3, 0.4) is 0 Å². The molecule has 0 amide bonds. The van der Waals surface area contributed by atoms with Gasteiger partial charge in [0, 0.05) is 11.3 Å². The first-order valence-corrected chi connectivity index (χ1v) is 8.20. The number of imidazole rings is 1. The molecule has 126 valence electrons. The number of para-hydroxylation sites is 2. The van der Waals surface area contributed by atoms with Gasteiger partial charge in [-0.25, -0.2) is 4.98 Å². The smallest absolute Gasteiger partial charge is 0.209 e. The lowest BCUT2D eigenvalue weighted by atomic mass is 9.92. The van der Waals surface area contributed by atoms with Gasteiger partial charge in [-0.05, 0) is 43.7 Å². The second kappa shape index (κ2) is 5.77. The summed E-state index contributed by atoms with van der Waals surface area (Å²) in [5.41, 5.74) is 4.52. The number of carbonyl (C=O) groups is 1. The summed E-state index contributed by atoms with van der Waals surface area (Å²) in [6.07, 6.45) is 0. The lowest BCUT2D eigenvalue weighted by Crippen LogP contribution is -2.26. The van der Waals surface area contributed by atoms with Gasteiger partial charge in [0.15, 0.2) is 5.78 Å². The minimum absolute atomic E-state index is 0.0502. The molecule has 0 radical (unpaired) electrons. The van der Waals surface area contributed by atoms with Crippen LogP contribution in [0, 0.1) is 0 Å². The van der Waals surface area contributed by atoms with Crippen LogP contribution in [0.2, 0.25) is 0 Å². The molecule has 1 aliphatic rings. The molecule has 1 N–H and O–H groups in total. The van der Waals surface area contributed by atoms with Crippen molar-refractivity contribution in [2.75, 3.05) is 12.4 Å². The van der Waals surface area contributed by atoms with Crippen LogP contribution in [0.1, 0.15) is 25.5 Å².